The molecule has 0 atom stereocenters. The fourth-order valence-corrected chi connectivity index (χ4v) is 2.05. The Bertz CT molecular complexity index is 798. The molecule has 0 amide bonds. The summed E-state index contributed by atoms with van der Waals surface area (Å²) in [5.41, 5.74) is 5.41. The maximum Gasteiger partial charge on any atom is 0.433 e. The van der Waals surface area contributed by atoms with Gasteiger partial charge in [0.15, 0.2) is 17.5 Å². The van der Waals surface area contributed by atoms with Crippen LogP contribution in [0.15, 0.2) is 35.5 Å². The summed E-state index contributed by atoms with van der Waals surface area (Å²) in [5.74, 6) is 1.10. The van der Waals surface area contributed by atoms with E-state index < -0.39 is 11.9 Å². The van der Waals surface area contributed by atoms with Gasteiger partial charge in [-0.3, -0.25) is 4.99 Å². The van der Waals surface area contributed by atoms with Crippen molar-refractivity contribution in [2.24, 2.45) is 10.7 Å². The highest BCUT2D eigenvalue weighted by atomic mass is 19.4. The first-order valence-corrected chi connectivity index (χ1v) is 7.76. The maximum absolute atomic E-state index is 12.6. The van der Waals surface area contributed by atoms with Crippen LogP contribution < -0.4 is 25.8 Å². The number of aliphatic imine (C=N–C) groups is 1. The molecule has 0 aliphatic rings. The highest BCUT2D eigenvalue weighted by Crippen LogP contribution is 2.29. The molecule has 0 bridgehead atoms. The standard InChI is InChI=1S/C16H19F3N6O2/c1-26-11-4-3-10(9-12(11)27-2)24-14(20)21-7-8-23-15-22-6-5-13(25-15)16(17,18)19/h3-6,9H,7-8H2,1-2H3,(H3,20,21,24)(H,22,23,25). The second-order valence-corrected chi connectivity index (χ2v) is 5.15. The van der Waals surface area contributed by atoms with Crippen LogP contribution in [-0.4, -0.2) is 43.2 Å². The van der Waals surface area contributed by atoms with Gasteiger partial charge in [0.2, 0.25) is 5.95 Å². The van der Waals surface area contributed by atoms with E-state index >= 15 is 0 Å². The predicted molar refractivity (Wildman–Crippen MR) is 95.2 cm³/mol. The molecule has 0 aliphatic heterocycles. The van der Waals surface area contributed by atoms with Crippen LogP contribution in [0.5, 0.6) is 11.5 Å². The molecule has 146 valence electrons. The van der Waals surface area contributed by atoms with Gasteiger partial charge in [-0.2, -0.15) is 13.2 Å². The third-order valence-electron chi connectivity index (χ3n) is 3.28. The number of hydrogen-bond donors (Lipinski definition) is 3. The van der Waals surface area contributed by atoms with Crippen molar-refractivity contribution in [2.75, 3.05) is 37.9 Å². The Morgan fingerprint density at radius 2 is 1.93 bits per heavy atom. The molecule has 0 saturated heterocycles. The molecule has 11 heteroatoms. The topological polar surface area (TPSA) is 107 Å². The monoisotopic (exact) mass is 384 g/mol. The number of hydrogen-bond acceptors (Lipinski definition) is 6. The lowest BCUT2D eigenvalue weighted by Crippen LogP contribution is -2.24. The molecule has 0 radical (unpaired) electrons. The summed E-state index contributed by atoms with van der Waals surface area (Å²) in [5, 5.41) is 5.54. The minimum Gasteiger partial charge on any atom is -0.493 e. The number of guanidine groups is 1. The molecule has 1 aromatic carbocycles. The Morgan fingerprint density at radius 1 is 1.19 bits per heavy atom. The maximum atomic E-state index is 12.6. The van der Waals surface area contributed by atoms with Crippen molar-refractivity contribution < 1.29 is 22.6 Å². The molecule has 0 saturated carbocycles. The lowest BCUT2D eigenvalue weighted by molar-refractivity contribution is -0.141. The second kappa shape index (κ2) is 8.92. The van der Waals surface area contributed by atoms with Crippen molar-refractivity contribution in [1.82, 2.24) is 9.97 Å². The van der Waals surface area contributed by atoms with Gasteiger partial charge in [0.1, 0.15) is 5.69 Å². The van der Waals surface area contributed by atoms with E-state index in [0.29, 0.717) is 17.2 Å². The van der Waals surface area contributed by atoms with Crippen LogP contribution in [-0.2, 0) is 6.18 Å². The molecule has 0 fully saturated rings. The smallest absolute Gasteiger partial charge is 0.433 e. The molecule has 0 unspecified atom stereocenters. The summed E-state index contributed by atoms with van der Waals surface area (Å²) in [7, 11) is 3.04. The van der Waals surface area contributed by atoms with Crippen LogP contribution in [0.2, 0.25) is 0 Å². The Balaban J connectivity index is 1.88. The number of nitrogens with zero attached hydrogens (tertiary/aromatic N) is 3. The largest absolute Gasteiger partial charge is 0.493 e. The zero-order valence-electron chi connectivity index (χ0n) is 14.7. The molecule has 1 heterocycles. The highest BCUT2D eigenvalue weighted by Gasteiger charge is 2.32. The first-order valence-electron chi connectivity index (χ1n) is 7.76. The van der Waals surface area contributed by atoms with Crippen molar-refractivity contribution in [3.63, 3.8) is 0 Å². The molecule has 27 heavy (non-hydrogen) atoms. The SMILES string of the molecule is COc1ccc(NC(N)=NCCNc2nccc(C(F)(F)F)n2)cc1OC. The minimum atomic E-state index is -4.52. The number of methoxy groups -OCH3 is 2. The Labute approximate surface area is 153 Å². The quantitative estimate of drug-likeness (QED) is 0.382. The number of anilines is 2. The molecular weight excluding hydrogens is 365 g/mol. The van der Waals surface area contributed by atoms with Gasteiger partial charge in [0.25, 0.3) is 0 Å². The first-order chi connectivity index (χ1) is 12.8. The molecule has 0 spiro atoms. The van der Waals surface area contributed by atoms with Gasteiger partial charge in [-0.25, -0.2) is 9.97 Å². The van der Waals surface area contributed by atoms with Crippen LogP contribution in [0.4, 0.5) is 24.8 Å². The highest BCUT2D eigenvalue weighted by molar-refractivity contribution is 5.92. The average molecular weight is 384 g/mol. The third-order valence-corrected chi connectivity index (χ3v) is 3.28. The number of halogens is 3. The van der Waals surface area contributed by atoms with Crippen LogP contribution in [0, 0.1) is 0 Å². The van der Waals surface area contributed by atoms with Crippen LogP contribution in [0.1, 0.15) is 5.69 Å². The molecule has 2 rings (SSSR count). The number of ether oxygens (including phenoxy) is 2. The summed E-state index contributed by atoms with van der Waals surface area (Å²) in [6.45, 7) is 0.404. The second-order valence-electron chi connectivity index (χ2n) is 5.15. The number of nitrogens with two attached hydrogens (primary N) is 1. The third kappa shape index (κ3) is 5.90. The molecule has 1 aromatic heterocycles. The number of rotatable bonds is 7. The molecule has 4 N–H and O–H groups in total. The van der Waals surface area contributed by atoms with Crippen molar-refractivity contribution in [3.05, 3.63) is 36.2 Å². The van der Waals surface area contributed by atoms with Crippen molar-refractivity contribution in [1.29, 1.82) is 0 Å². The number of nitrogens with one attached hydrogen (secondary N) is 2. The van der Waals surface area contributed by atoms with E-state index in [1.165, 1.54) is 14.2 Å². The zero-order valence-corrected chi connectivity index (χ0v) is 14.7. The van der Waals surface area contributed by atoms with E-state index in [9.17, 15) is 13.2 Å². The summed E-state index contributed by atoms with van der Waals surface area (Å²) in [6, 6.07) is 5.93. The van der Waals surface area contributed by atoms with Gasteiger partial charge in [0, 0.05) is 24.5 Å². The number of alkyl halides is 3. The zero-order chi connectivity index (χ0) is 19.9. The van der Waals surface area contributed by atoms with E-state index in [1.807, 2.05) is 0 Å². The van der Waals surface area contributed by atoms with Crippen molar-refractivity contribution in [2.45, 2.75) is 6.18 Å². The summed E-state index contributed by atoms with van der Waals surface area (Å²) in [4.78, 5) is 11.2. The Morgan fingerprint density at radius 3 is 2.59 bits per heavy atom. The first kappa shape index (κ1) is 20.1. The predicted octanol–water partition coefficient (Wildman–Crippen LogP) is 2.35. The summed E-state index contributed by atoms with van der Waals surface area (Å²) >= 11 is 0. The normalized spacial score (nSPS) is 11.8. The number of benzene rings is 1. The van der Waals surface area contributed by atoms with Gasteiger partial charge in [-0.15, -0.1) is 0 Å². The van der Waals surface area contributed by atoms with Gasteiger partial charge >= 0.3 is 6.18 Å². The van der Waals surface area contributed by atoms with Crippen LogP contribution >= 0.6 is 0 Å². The van der Waals surface area contributed by atoms with E-state index in [4.69, 9.17) is 15.2 Å². The molecule has 8 nitrogen and oxygen atoms in total. The van der Waals surface area contributed by atoms with E-state index in [2.05, 4.69) is 25.6 Å². The van der Waals surface area contributed by atoms with Crippen LogP contribution in [0.25, 0.3) is 0 Å². The van der Waals surface area contributed by atoms with Crippen molar-refractivity contribution in [3.8, 4) is 11.5 Å². The van der Waals surface area contributed by atoms with Gasteiger partial charge in [-0.05, 0) is 18.2 Å². The summed E-state index contributed by atoms with van der Waals surface area (Å²) in [6.07, 6.45) is -3.49. The van der Waals surface area contributed by atoms with Gasteiger partial charge < -0.3 is 25.8 Å². The average Bonchev–Trinajstić information content (AvgIpc) is 2.64. The summed E-state index contributed by atoms with van der Waals surface area (Å²) < 4.78 is 48.1. The lowest BCUT2D eigenvalue weighted by atomic mass is 10.3. The molecular formula is C16H19F3N6O2. The van der Waals surface area contributed by atoms with Crippen molar-refractivity contribution >= 4 is 17.6 Å². The van der Waals surface area contributed by atoms with E-state index in [0.717, 1.165) is 12.3 Å². The molecule has 2 aromatic rings. The van der Waals surface area contributed by atoms with E-state index in [-0.39, 0.29) is 25.0 Å². The van der Waals surface area contributed by atoms with E-state index in [1.54, 1.807) is 18.2 Å². The number of aromatic nitrogens is 2. The lowest BCUT2D eigenvalue weighted by Gasteiger charge is -2.11. The van der Waals surface area contributed by atoms with Gasteiger partial charge in [0.05, 0.1) is 20.8 Å². The Hall–Kier alpha value is -3.24. The molecule has 0 aliphatic carbocycles. The Kier molecular flexibility index (Phi) is 6.63. The fraction of sp³-hybridized carbons (Fsp3) is 0.312. The fourth-order valence-electron chi connectivity index (χ4n) is 2.05. The van der Waals surface area contributed by atoms with Gasteiger partial charge in [-0.1, -0.05) is 0 Å². The van der Waals surface area contributed by atoms with Crippen LogP contribution in [0.3, 0.4) is 0 Å². The minimum absolute atomic E-state index is 0.133.